The lowest BCUT2D eigenvalue weighted by molar-refractivity contribution is 0.0692. The maximum atomic E-state index is 11.1. The normalized spacial score (nSPS) is 10.5. The van der Waals surface area contributed by atoms with E-state index in [1.807, 2.05) is 30.3 Å². The molecule has 2 aromatic carbocycles. The Morgan fingerprint density at radius 1 is 0.917 bits per heavy atom. The predicted octanol–water partition coefficient (Wildman–Crippen LogP) is 3.78. The van der Waals surface area contributed by atoms with Gasteiger partial charge in [0.05, 0.1) is 13.2 Å². The SMILES string of the molecule is O=C(O)c1ccccc1OCCCOc1cccc2cccnc12. The summed E-state index contributed by atoms with van der Waals surface area (Å²) in [4.78, 5) is 15.4. The van der Waals surface area contributed by atoms with Gasteiger partial charge in [-0.2, -0.15) is 0 Å². The van der Waals surface area contributed by atoms with Crippen molar-refractivity contribution >= 4 is 16.9 Å². The summed E-state index contributed by atoms with van der Waals surface area (Å²) in [6.45, 7) is 0.841. The molecule has 122 valence electrons. The van der Waals surface area contributed by atoms with Gasteiger partial charge in [-0.25, -0.2) is 4.79 Å². The average molecular weight is 323 g/mol. The van der Waals surface area contributed by atoms with Gasteiger partial charge in [0.2, 0.25) is 0 Å². The molecule has 24 heavy (non-hydrogen) atoms. The van der Waals surface area contributed by atoms with Crippen molar-refractivity contribution in [3.05, 3.63) is 66.4 Å². The lowest BCUT2D eigenvalue weighted by Crippen LogP contribution is -2.08. The van der Waals surface area contributed by atoms with E-state index in [4.69, 9.17) is 14.6 Å². The first-order valence-corrected chi connectivity index (χ1v) is 7.67. The van der Waals surface area contributed by atoms with Gasteiger partial charge in [-0.05, 0) is 24.3 Å². The number of hydrogen-bond donors (Lipinski definition) is 1. The van der Waals surface area contributed by atoms with Gasteiger partial charge < -0.3 is 14.6 Å². The number of aromatic nitrogens is 1. The third-order valence-electron chi connectivity index (χ3n) is 3.52. The number of carbonyl (C=O) groups is 1. The van der Waals surface area contributed by atoms with Gasteiger partial charge in [0.25, 0.3) is 0 Å². The van der Waals surface area contributed by atoms with Crippen LogP contribution in [0.1, 0.15) is 16.8 Å². The van der Waals surface area contributed by atoms with Crippen LogP contribution in [0.4, 0.5) is 0 Å². The van der Waals surface area contributed by atoms with Crippen molar-refractivity contribution in [1.29, 1.82) is 0 Å². The van der Waals surface area contributed by atoms with Crippen LogP contribution in [0.25, 0.3) is 10.9 Å². The first-order chi connectivity index (χ1) is 11.8. The molecule has 0 aliphatic heterocycles. The number of hydrogen-bond acceptors (Lipinski definition) is 4. The van der Waals surface area contributed by atoms with Crippen molar-refractivity contribution in [2.75, 3.05) is 13.2 Å². The van der Waals surface area contributed by atoms with Gasteiger partial charge in [-0.15, -0.1) is 0 Å². The Bertz CT molecular complexity index is 842. The molecular formula is C19H17NO4. The minimum atomic E-state index is -0.997. The minimum Gasteiger partial charge on any atom is -0.493 e. The number of para-hydroxylation sites is 2. The average Bonchev–Trinajstić information content (AvgIpc) is 2.62. The van der Waals surface area contributed by atoms with Crippen LogP contribution in [0.5, 0.6) is 11.5 Å². The predicted molar refractivity (Wildman–Crippen MR) is 90.8 cm³/mol. The summed E-state index contributed by atoms with van der Waals surface area (Å²) >= 11 is 0. The smallest absolute Gasteiger partial charge is 0.339 e. The van der Waals surface area contributed by atoms with Gasteiger partial charge in [-0.3, -0.25) is 4.98 Å². The standard InChI is InChI=1S/C19H17NO4/c21-19(22)15-8-1-2-9-16(15)23-12-5-13-24-17-10-3-6-14-7-4-11-20-18(14)17/h1-4,6-11H,5,12-13H2,(H,21,22). The van der Waals surface area contributed by atoms with Crippen molar-refractivity contribution in [2.45, 2.75) is 6.42 Å². The molecular weight excluding hydrogens is 306 g/mol. The molecule has 0 bridgehead atoms. The molecule has 0 aliphatic carbocycles. The maximum Gasteiger partial charge on any atom is 0.339 e. The van der Waals surface area contributed by atoms with Crippen LogP contribution < -0.4 is 9.47 Å². The molecule has 1 heterocycles. The molecule has 0 fully saturated rings. The van der Waals surface area contributed by atoms with E-state index in [1.54, 1.807) is 24.4 Å². The van der Waals surface area contributed by atoms with Crippen molar-refractivity contribution in [3.63, 3.8) is 0 Å². The third-order valence-corrected chi connectivity index (χ3v) is 3.52. The van der Waals surface area contributed by atoms with Gasteiger partial charge in [-0.1, -0.05) is 30.3 Å². The summed E-state index contributed by atoms with van der Waals surface area (Å²) in [6, 6.07) is 16.3. The van der Waals surface area contributed by atoms with E-state index in [0.717, 1.165) is 16.7 Å². The van der Waals surface area contributed by atoms with Gasteiger partial charge in [0.1, 0.15) is 22.6 Å². The molecule has 0 amide bonds. The Kier molecular flexibility index (Phi) is 4.91. The maximum absolute atomic E-state index is 11.1. The molecule has 1 aromatic heterocycles. The van der Waals surface area contributed by atoms with E-state index in [1.165, 1.54) is 6.07 Å². The van der Waals surface area contributed by atoms with Gasteiger partial charge in [0.15, 0.2) is 0 Å². The van der Waals surface area contributed by atoms with Crippen LogP contribution in [0, 0.1) is 0 Å². The van der Waals surface area contributed by atoms with E-state index < -0.39 is 5.97 Å². The molecule has 3 aromatic rings. The summed E-state index contributed by atoms with van der Waals surface area (Å²) in [5.74, 6) is 0.111. The number of carboxylic acid groups (broad SMARTS) is 1. The van der Waals surface area contributed by atoms with Crippen LogP contribution in [0.2, 0.25) is 0 Å². The highest BCUT2D eigenvalue weighted by atomic mass is 16.5. The van der Waals surface area contributed by atoms with E-state index in [2.05, 4.69) is 4.98 Å². The molecule has 5 nitrogen and oxygen atoms in total. The number of rotatable bonds is 7. The zero-order valence-electron chi connectivity index (χ0n) is 13.0. The molecule has 0 spiro atoms. The Morgan fingerprint density at radius 3 is 2.46 bits per heavy atom. The van der Waals surface area contributed by atoms with Crippen molar-refractivity contribution in [3.8, 4) is 11.5 Å². The molecule has 1 N–H and O–H groups in total. The second-order valence-electron chi connectivity index (χ2n) is 5.18. The first-order valence-electron chi connectivity index (χ1n) is 7.67. The zero-order valence-corrected chi connectivity index (χ0v) is 13.0. The van der Waals surface area contributed by atoms with E-state index >= 15 is 0 Å². The summed E-state index contributed by atoms with van der Waals surface area (Å²) in [7, 11) is 0. The van der Waals surface area contributed by atoms with Crippen LogP contribution in [0.15, 0.2) is 60.8 Å². The molecule has 0 aliphatic rings. The Labute approximate surface area is 139 Å². The minimum absolute atomic E-state index is 0.164. The third kappa shape index (κ3) is 3.63. The number of aromatic carboxylic acids is 1. The Balaban J connectivity index is 1.53. The quantitative estimate of drug-likeness (QED) is 0.670. The molecule has 5 heteroatoms. The largest absolute Gasteiger partial charge is 0.493 e. The van der Waals surface area contributed by atoms with Crippen LogP contribution >= 0.6 is 0 Å². The summed E-state index contributed by atoms with van der Waals surface area (Å²) < 4.78 is 11.3. The highest BCUT2D eigenvalue weighted by molar-refractivity contribution is 5.90. The summed E-state index contributed by atoms with van der Waals surface area (Å²) in [6.07, 6.45) is 2.37. The molecule has 0 radical (unpaired) electrons. The summed E-state index contributed by atoms with van der Waals surface area (Å²) in [5, 5.41) is 10.1. The van der Waals surface area contributed by atoms with E-state index in [9.17, 15) is 4.79 Å². The van der Waals surface area contributed by atoms with Crippen LogP contribution in [-0.2, 0) is 0 Å². The fourth-order valence-electron chi connectivity index (χ4n) is 2.39. The second kappa shape index (κ2) is 7.46. The number of carboxylic acids is 1. The number of fused-ring (bicyclic) bond motifs is 1. The fourth-order valence-corrected chi connectivity index (χ4v) is 2.39. The number of pyridine rings is 1. The molecule has 0 unspecified atom stereocenters. The number of ether oxygens (including phenoxy) is 2. The Morgan fingerprint density at radius 2 is 1.62 bits per heavy atom. The number of nitrogens with zero attached hydrogens (tertiary/aromatic N) is 1. The zero-order chi connectivity index (χ0) is 16.8. The topological polar surface area (TPSA) is 68.7 Å². The van der Waals surface area contributed by atoms with Crippen LogP contribution in [-0.4, -0.2) is 29.3 Å². The second-order valence-corrected chi connectivity index (χ2v) is 5.18. The molecule has 0 saturated heterocycles. The summed E-state index contributed by atoms with van der Waals surface area (Å²) in [5.41, 5.74) is 0.994. The first kappa shape index (κ1) is 15.8. The van der Waals surface area contributed by atoms with Crippen molar-refractivity contribution < 1.29 is 19.4 Å². The highest BCUT2D eigenvalue weighted by Gasteiger charge is 2.09. The molecule has 0 saturated carbocycles. The van der Waals surface area contributed by atoms with E-state index in [0.29, 0.717) is 25.4 Å². The Hall–Kier alpha value is -3.08. The number of benzene rings is 2. The van der Waals surface area contributed by atoms with Gasteiger partial charge >= 0.3 is 5.97 Å². The monoisotopic (exact) mass is 323 g/mol. The lowest BCUT2D eigenvalue weighted by Gasteiger charge is -2.10. The van der Waals surface area contributed by atoms with Gasteiger partial charge in [0, 0.05) is 18.0 Å². The molecule has 3 rings (SSSR count). The highest BCUT2D eigenvalue weighted by Crippen LogP contribution is 2.23. The van der Waals surface area contributed by atoms with Crippen molar-refractivity contribution in [2.24, 2.45) is 0 Å². The molecule has 0 atom stereocenters. The van der Waals surface area contributed by atoms with E-state index in [-0.39, 0.29) is 5.56 Å². The fraction of sp³-hybridized carbons (Fsp3) is 0.158. The van der Waals surface area contributed by atoms with Crippen molar-refractivity contribution in [1.82, 2.24) is 4.98 Å². The lowest BCUT2D eigenvalue weighted by atomic mass is 10.2. The van der Waals surface area contributed by atoms with Crippen LogP contribution in [0.3, 0.4) is 0 Å².